The standard InChI is InChI=1S/C23H27FN6O2/c1-15-7-6-8-19(16(15)2)29(13-20(31)25-23(3,4)5)21(32)14-30-27-22(26-28-30)17-9-11-18(24)12-10-17/h6-12H,13-14H2,1-5H3,(H,25,31). The lowest BCUT2D eigenvalue weighted by atomic mass is 10.1. The Morgan fingerprint density at radius 2 is 1.78 bits per heavy atom. The highest BCUT2D eigenvalue weighted by Crippen LogP contribution is 2.23. The van der Waals surface area contributed by atoms with Crippen LogP contribution in [0.1, 0.15) is 31.9 Å². The molecule has 0 saturated carbocycles. The van der Waals surface area contributed by atoms with E-state index in [-0.39, 0.29) is 36.5 Å². The van der Waals surface area contributed by atoms with Crippen molar-refractivity contribution in [2.75, 3.05) is 11.4 Å². The molecular weight excluding hydrogens is 411 g/mol. The van der Waals surface area contributed by atoms with Crippen LogP contribution in [0.15, 0.2) is 42.5 Å². The van der Waals surface area contributed by atoms with Crippen molar-refractivity contribution in [1.82, 2.24) is 25.5 Å². The molecule has 3 aromatic rings. The topological polar surface area (TPSA) is 93.0 Å². The molecule has 0 aliphatic rings. The number of benzene rings is 2. The van der Waals surface area contributed by atoms with Crippen LogP contribution in [0, 0.1) is 19.7 Å². The number of hydrogen-bond acceptors (Lipinski definition) is 5. The molecule has 1 heterocycles. The molecule has 2 amide bonds. The average molecular weight is 439 g/mol. The zero-order chi connectivity index (χ0) is 23.5. The lowest BCUT2D eigenvalue weighted by molar-refractivity contribution is -0.125. The minimum Gasteiger partial charge on any atom is -0.350 e. The number of amides is 2. The van der Waals surface area contributed by atoms with Gasteiger partial charge in [-0.2, -0.15) is 4.80 Å². The second kappa shape index (κ2) is 9.25. The smallest absolute Gasteiger partial charge is 0.251 e. The number of rotatable bonds is 6. The fraction of sp³-hybridized carbons (Fsp3) is 0.348. The summed E-state index contributed by atoms with van der Waals surface area (Å²) in [4.78, 5) is 28.5. The second-order valence-corrected chi connectivity index (χ2v) is 8.65. The van der Waals surface area contributed by atoms with Crippen LogP contribution < -0.4 is 10.2 Å². The van der Waals surface area contributed by atoms with Crippen molar-refractivity contribution in [1.29, 1.82) is 0 Å². The van der Waals surface area contributed by atoms with Crippen molar-refractivity contribution in [3.63, 3.8) is 0 Å². The molecule has 0 spiro atoms. The van der Waals surface area contributed by atoms with Gasteiger partial charge in [0, 0.05) is 16.8 Å². The summed E-state index contributed by atoms with van der Waals surface area (Å²) in [6, 6.07) is 11.3. The molecular formula is C23H27FN6O2. The Labute approximate surface area is 186 Å². The maximum atomic E-state index is 13.2. The molecule has 0 aliphatic heterocycles. The van der Waals surface area contributed by atoms with Gasteiger partial charge in [0.05, 0.1) is 0 Å². The molecule has 8 nitrogen and oxygen atoms in total. The molecule has 2 aromatic carbocycles. The highest BCUT2D eigenvalue weighted by atomic mass is 19.1. The van der Waals surface area contributed by atoms with Crippen molar-refractivity contribution in [2.24, 2.45) is 0 Å². The van der Waals surface area contributed by atoms with Crippen LogP contribution >= 0.6 is 0 Å². The summed E-state index contributed by atoms with van der Waals surface area (Å²) in [7, 11) is 0. The number of nitrogens with one attached hydrogen (secondary N) is 1. The molecule has 32 heavy (non-hydrogen) atoms. The van der Waals surface area contributed by atoms with E-state index in [2.05, 4.69) is 20.7 Å². The quantitative estimate of drug-likeness (QED) is 0.639. The Balaban J connectivity index is 1.84. The fourth-order valence-corrected chi connectivity index (χ4v) is 3.17. The Kier molecular flexibility index (Phi) is 6.67. The number of tetrazole rings is 1. The van der Waals surface area contributed by atoms with Gasteiger partial charge in [0.1, 0.15) is 18.9 Å². The number of carbonyl (C=O) groups excluding carboxylic acids is 2. The number of aromatic nitrogens is 4. The minimum absolute atomic E-state index is 0.139. The van der Waals surface area contributed by atoms with Crippen molar-refractivity contribution in [3.05, 3.63) is 59.4 Å². The number of aryl methyl sites for hydroxylation is 1. The van der Waals surface area contributed by atoms with Crippen molar-refractivity contribution >= 4 is 17.5 Å². The number of carbonyl (C=O) groups is 2. The van der Waals surface area contributed by atoms with Crippen LogP contribution in [0.3, 0.4) is 0 Å². The van der Waals surface area contributed by atoms with Gasteiger partial charge in [-0.3, -0.25) is 9.59 Å². The third kappa shape index (κ3) is 5.75. The molecule has 0 bridgehead atoms. The molecule has 0 saturated heterocycles. The first-order valence-electron chi connectivity index (χ1n) is 10.2. The maximum Gasteiger partial charge on any atom is 0.251 e. The van der Waals surface area contributed by atoms with Gasteiger partial charge in [0.25, 0.3) is 5.91 Å². The van der Waals surface area contributed by atoms with Gasteiger partial charge in [0.2, 0.25) is 11.7 Å². The van der Waals surface area contributed by atoms with Crippen molar-refractivity contribution in [2.45, 2.75) is 46.7 Å². The Bertz CT molecular complexity index is 1120. The molecule has 0 unspecified atom stereocenters. The predicted molar refractivity (Wildman–Crippen MR) is 119 cm³/mol. The minimum atomic E-state index is -0.426. The summed E-state index contributed by atoms with van der Waals surface area (Å²) in [5.41, 5.74) is 2.72. The van der Waals surface area contributed by atoms with E-state index in [1.54, 1.807) is 0 Å². The third-order valence-electron chi connectivity index (χ3n) is 4.82. The molecule has 0 aliphatic carbocycles. The average Bonchev–Trinajstić information content (AvgIpc) is 3.16. The van der Waals surface area contributed by atoms with E-state index >= 15 is 0 Å². The van der Waals surface area contributed by atoms with Crippen molar-refractivity contribution in [3.8, 4) is 11.4 Å². The highest BCUT2D eigenvalue weighted by molar-refractivity contribution is 5.99. The largest absolute Gasteiger partial charge is 0.350 e. The normalized spacial score (nSPS) is 11.3. The monoisotopic (exact) mass is 438 g/mol. The predicted octanol–water partition coefficient (Wildman–Crippen LogP) is 3.04. The van der Waals surface area contributed by atoms with E-state index in [0.29, 0.717) is 11.3 Å². The van der Waals surface area contributed by atoms with Gasteiger partial charge < -0.3 is 10.2 Å². The molecule has 3 rings (SSSR count). The van der Waals surface area contributed by atoms with Crippen molar-refractivity contribution < 1.29 is 14.0 Å². The number of nitrogens with zero attached hydrogens (tertiary/aromatic N) is 5. The third-order valence-corrected chi connectivity index (χ3v) is 4.82. The Morgan fingerprint density at radius 3 is 2.44 bits per heavy atom. The number of halogens is 1. The zero-order valence-electron chi connectivity index (χ0n) is 18.9. The fourth-order valence-electron chi connectivity index (χ4n) is 3.17. The first-order chi connectivity index (χ1) is 15.0. The molecule has 0 radical (unpaired) electrons. The van der Waals surface area contributed by atoms with Crippen LogP contribution in [-0.4, -0.2) is 44.1 Å². The van der Waals surface area contributed by atoms with E-state index in [1.807, 2.05) is 52.8 Å². The first kappa shape index (κ1) is 23.1. The van der Waals surface area contributed by atoms with E-state index in [9.17, 15) is 14.0 Å². The van der Waals surface area contributed by atoms with Crippen LogP contribution in [0.4, 0.5) is 10.1 Å². The zero-order valence-corrected chi connectivity index (χ0v) is 18.9. The molecule has 9 heteroatoms. The molecule has 0 fully saturated rings. The summed E-state index contributed by atoms with van der Waals surface area (Å²) in [6.07, 6.45) is 0. The summed E-state index contributed by atoms with van der Waals surface area (Å²) in [6.45, 7) is 9.16. The van der Waals surface area contributed by atoms with Gasteiger partial charge in [-0.05, 0) is 81.3 Å². The first-order valence-corrected chi connectivity index (χ1v) is 10.2. The summed E-state index contributed by atoms with van der Waals surface area (Å²) in [5.74, 6) is -0.716. The van der Waals surface area contributed by atoms with E-state index < -0.39 is 5.54 Å². The molecule has 168 valence electrons. The number of hydrogen-bond donors (Lipinski definition) is 1. The lowest BCUT2D eigenvalue weighted by Gasteiger charge is -2.27. The van der Waals surface area contributed by atoms with Crippen LogP contribution in [0.2, 0.25) is 0 Å². The van der Waals surface area contributed by atoms with Gasteiger partial charge in [-0.15, -0.1) is 10.2 Å². The molecule has 1 aromatic heterocycles. The molecule has 0 atom stereocenters. The van der Waals surface area contributed by atoms with Gasteiger partial charge in [0.15, 0.2) is 0 Å². The van der Waals surface area contributed by atoms with Crippen LogP contribution in [0.5, 0.6) is 0 Å². The Morgan fingerprint density at radius 1 is 1.09 bits per heavy atom. The second-order valence-electron chi connectivity index (χ2n) is 8.65. The van der Waals surface area contributed by atoms with E-state index in [1.165, 1.54) is 34.0 Å². The maximum absolute atomic E-state index is 13.2. The van der Waals surface area contributed by atoms with Crippen LogP contribution in [0.25, 0.3) is 11.4 Å². The summed E-state index contributed by atoms with van der Waals surface area (Å²) in [5, 5.41) is 15.0. The summed E-state index contributed by atoms with van der Waals surface area (Å²) >= 11 is 0. The van der Waals surface area contributed by atoms with Gasteiger partial charge >= 0.3 is 0 Å². The lowest BCUT2D eigenvalue weighted by Crippen LogP contribution is -2.48. The van der Waals surface area contributed by atoms with E-state index in [0.717, 1.165) is 11.1 Å². The molecule has 1 N–H and O–H groups in total. The van der Waals surface area contributed by atoms with Crippen LogP contribution in [-0.2, 0) is 16.1 Å². The Hall–Kier alpha value is -3.62. The van der Waals surface area contributed by atoms with Gasteiger partial charge in [-0.1, -0.05) is 12.1 Å². The highest BCUT2D eigenvalue weighted by Gasteiger charge is 2.24. The van der Waals surface area contributed by atoms with E-state index in [4.69, 9.17) is 0 Å². The van der Waals surface area contributed by atoms with Gasteiger partial charge in [-0.25, -0.2) is 4.39 Å². The number of anilines is 1. The SMILES string of the molecule is Cc1cccc(N(CC(=O)NC(C)(C)C)C(=O)Cn2nnc(-c3ccc(F)cc3)n2)c1C. The summed E-state index contributed by atoms with van der Waals surface area (Å²) < 4.78 is 13.2.